The molecule has 2 aromatic rings. The molecule has 9 heteroatoms. The highest BCUT2D eigenvalue weighted by molar-refractivity contribution is 6.30. The maximum atomic E-state index is 13.9. The lowest BCUT2D eigenvalue weighted by molar-refractivity contribution is -0.144. The Morgan fingerprint density at radius 2 is 1.77 bits per heavy atom. The van der Waals surface area contributed by atoms with Gasteiger partial charge in [0.15, 0.2) is 0 Å². The van der Waals surface area contributed by atoms with Gasteiger partial charge in [-0.05, 0) is 25.1 Å². The monoisotopic (exact) mass is 336 g/mol. The van der Waals surface area contributed by atoms with E-state index in [1.165, 1.54) is 6.07 Å². The van der Waals surface area contributed by atoms with Gasteiger partial charge in [-0.25, -0.2) is 13.8 Å². The van der Waals surface area contributed by atoms with Gasteiger partial charge in [-0.15, -0.1) is 0 Å². The molecule has 0 aliphatic rings. The van der Waals surface area contributed by atoms with E-state index in [0.717, 1.165) is 26.1 Å². The number of benzene rings is 1. The molecule has 0 bridgehead atoms. The van der Waals surface area contributed by atoms with Crippen LogP contribution in [0.25, 0.3) is 5.69 Å². The fourth-order valence-corrected chi connectivity index (χ4v) is 2.29. The molecule has 0 saturated carbocycles. The zero-order valence-electron chi connectivity index (χ0n) is 11.3. The second-order valence-corrected chi connectivity index (χ2v) is 4.99. The van der Waals surface area contributed by atoms with E-state index in [2.05, 4.69) is 0 Å². The first-order chi connectivity index (χ1) is 10.1. The predicted molar refractivity (Wildman–Crippen MR) is 72.0 cm³/mol. The van der Waals surface area contributed by atoms with Crippen molar-refractivity contribution in [2.24, 2.45) is 7.05 Å². The van der Waals surface area contributed by atoms with Crippen LogP contribution < -0.4 is 11.2 Å². The van der Waals surface area contributed by atoms with Gasteiger partial charge in [0, 0.05) is 17.6 Å². The quantitative estimate of drug-likeness (QED) is 0.752. The largest absolute Gasteiger partial charge is 0.432 e. The molecule has 0 unspecified atom stereocenters. The van der Waals surface area contributed by atoms with E-state index in [1.807, 2.05) is 0 Å². The number of nitrogens with zero attached hydrogens (tertiary/aromatic N) is 2. The van der Waals surface area contributed by atoms with Crippen molar-refractivity contribution in [1.82, 2.24) is 9.13 Å². The van der Waals surface area contributed by atoms with Crippen LogP contribution in [0.15, 0.2) is 27.8 Å². The zero-order chi connectivity index (χ0) is 16.8. The molecular formula is C13H9ClF4N2O2. The van der Waals surface area contributed by atoms with Gasteiger partial charge in [0.05, 0.1) is 5.69 Å². The summed E-state index contributed by atoms with van der Waals surface area (Å²) < 4.78 is 53.3. The van der Waals surface area contributed by atoms with Crippen molar-refractivity contribution < 1.29 is 17.6 Å². The molecule has 1 aromatic carbocycles. The topological polar surface area (TPSA) is 44.0 Å². The highest BCUT2D eigenvalue weighted by Crippen LogP contribution is 2.29. The Bertz CT molecular complexity index is 831. The third-order valence-corrected chi connectivity index (χ3v) is 3.35. The van der Waals surface area contributed by atoms with E-state index >= 15 is 0 Å². The maximum absolute atomic E-state index is 13.9. The summed E-state index contributed by atoms with van der Waals surface area (Å²) in [5.74, 6) is -0.995. The molecule has 2 rings (SSSR count). The summed E-state index contributed by atoms with van der Waals surface area (Å²) in [4.78, 5) is 24.2. The van der Waals surface area contributed by atoms with Gasteiger partial charge in [-0.1, -0.05) is 11.6 Å². The van der Waals surface area contributed by atoms with Crippen LogP contribution in [0.5, 0.6) is 0 Å². The first-order valence-electron chi connectivity index (χ1n) is 5.91. The van der Waals surface area contributed by atoms with E-state index in [9.17, 15) is 27.2 Å². The smallest absolute Gasteiger partial charge is 0.292 e. The molecule has 0 fully saturated rings. The Balaban J connectivity index is 2.92. The third-order valence-electron chi connectivity index (χ3n) is 3.11. The lowest BCUT2D eigenvalue weighted by Crippen LogP contribution is -2.43. The van der Waals surface area contributed by atoms with Gasteiger partial charge in [0.1, 0.15) is 11.5 Å². The predicted octanol–water partition coefficient (Wildman–Crippen LogP) is 2.66. The highest BCUT2D eigenvalue weighted by atomic mass is 35.5. The molecule has 0 atom stereocenters. The van der Waals surface area contributed by atoms with Gasteiger partial charge in [-0.2, -0.15) is 13.2 Å². The van der Waals surface area contributed by atoms with Gasteiger partial charge in [0.2, 0.25) is 0 Å². The molecule has 118 valence electrons. The lowest BCUT2D eigenvalue weighted by atomic mass is 10.2. The Kier molecular flexibility index (Phi) is 3.90. The summed E-state index contributed by atoms with van der Waals surface area (Å²) in [6, 6.07) is 3.13. The van der Waals surface area contributed by atoms with Crippen molar-refractivity contribution in [3.05, 3.63) is 61.1 Å². The molecule has 0 aliphatic heterocycles. The zero-order valence-corrected chi connectivity index (χ0v) is 12.1. The number of halogens is 5. The third kappa shape index (κ3) is 2.54. The highest BCUT2D eigenvalue weighted by Gasteiger charge is 2.37. The van der Waals surface area contributed by atoms with Gasteiger partial charge >= 0.3 is 11.9 Å². The number of hydrogen-bond donors (Lipinski definition) is 0. The number of aromatic nitrogens is 2. The van der Waals surface area contributed by atoms with E-state index in [-0.39, 0.29) is 9.59 Å². The van der Waals surface area contributed by atoms with Crippen molar-refractivity contribution in [1.29, 1.82) is 0 Å². The molecule has 1 aromatic heterocycles. The van der Waals surface area contributed by atoms with Crippen LogP contribution in [0.1, 0.15) is 11.3 Å². The molecule has 22 heavy (non-hydrogen) atoms. The van der Waals surface area contributed by atoms with Crippen LogP contribution in [0, 0.1) is 12.7 Å². The molecule has 0 N–H and O–H groups in total. The summed E-state index contributed by atoms with van der Waals surface area (Å²) >= 11 is 5.57. The molecule has 0 radical (unpaired) electrons. The van der Waals surface area contributed by atoms with Crippen LogP contribution in [-0.2, 0) is 13.2 Å². The lowest BCUT2D eigenvalue weighted by Gasteiger charge is -2.17. The molecule has 0 amide bonds. The van der Waals surface area contributed by atoms with Crippen molar-refractivity contribution in [2.45, 2.75) is 13.1 Å². The van der Waals surface area contributed by atoms with Crippen molar-refractivity contribution in [2.75, 3.05) is 0 Å². The SMILES string of the molecule is Cc1c(C(F)(F)F)n(C)c(=O)n(-c2ccc(Cl)cc2F)c1=O. The summed E-state index contributed by atoms with van der Waals surface area (Å²) in [6.45, 7) is 0.926. The Hall–Kier alpha value is -2.09. The fraction of sp³-hybridized carbons (Fsp3) is 0.231. The summed E-state index contributed by atoms with van der Waals surface area (Å²) in [6.07, 6.45) is -4.88. The summed E-state index contributed by atoms with van der Waals surface area (Å²) in [7, 11) is 0.863. The standard InChI is InChI=1S/C13H9ClF4N2O2/c1-6-10(13(16,17)18)19(2)12(22)20(11(6)21)9-4-3-7(14)5-8(9)15/h3-5H,1-2H3. The average Bonchev–Trinajstić information content (AvgIpc) is 2.37. The molecule has 0 saturated heterocycles. The number of hydrogen-bond acceptors (Lipinski definition) is 2. The second kappa shape index (κ2) is 5.28. The first kappa shape index (κ1) is 16.3. The normalized spacial score (nSPS) is 11.8. The van der Waals surface area contributed by atoms with Crippen molar-refractivity contribution in [3.8, 4) is 5.69 Å². The van der Waals surface area contributed by atoms with Gasteiger partial charge < -0.3 is 0 Å². The van der Waals surface area contributed by atoms with E-state index in [0.29, 0.717) is 4.57 Å². The number of alkyl halides is 3. The minimum atomic E-state index is -4.88. The van der Waals surface area contributed by atoms with E-state index in [1.54, 1.807) is 0 Å². The molecule has 0 aliphatic carbocycles. The van der Waals surface area contributed by atoms with Crippen molar-refractivity contribution >= 4 is 11.6 Å². The minimum Gasteiger partial charge on any atom is -0.292 e. The van der Waals surface area contributed by atoms with E-state index < -0.39 is 40.2 Å². The fourth-order valence-electron chi connectivity index (χ4n) is 2.13. The van der Waals surface area contributed by atoms with Crippen LogP contribution in [0.2, 0.25) is 5.02 Å². The second-order valence-electron chi connectivity index (χ2n) is 4.55. The Morgan fingerprint density at radius 3 is 2.27 bits per heavy atom. The van der Waals surface area contributed by atoms with Gasteiger partial charge in [0.25, 0.3) is 5.56 Å². The van der Waals surface area contributed by atoms with Gasteiger partial charge in [-0.3, -0.25) is 9.36 Å². The van der Waals surface area contributed by atoms with E-state index in [4.69, 9.17) is 11.6 Å². The summed E-state index contributed by atoms with van der Waals surface area (Å²) in [5.41, 5.74) is -5.08. The Morgan fingerprint density at radius 1 is 1.18 bits per heavy atom. The van der Waals surface area contributed by atoms with Crippen molar-refractivity contribution in [3.63, 3.8) is 0 Å². The Labute approximate surface area is 126 Å². The van der Waals surface area contributed by atoms with Crippen LogP contribution in [-0.4, -0.2) is 9.13 Å². The average molecular weight is 337 g/mol. The minimum absolute atomic E-state index is 0.0229. The molecule has 4 nitrogen and oxygen atoms in total. The maximum Gasteiger partial charge on any atom is 0.432 e. The van der Waals surface area contributed by atoms with Crippen LogP contribution >= 0.6 is 11.6 Å². The molecule has 1 heterocycles. The molecular weight excluding hydrogens is 328 g/mol. The summed E-state index contributed by atoms with van der Waals surface area (Å²) in [5, 5.41) is 0.0229. The number of rotatable bonds is 1. The molecule has 0 spiro atoms. The first-order valence-corrected chi connectivity index (χ1v) is 6.28. The van der Waals surface area contributed by atoms with Crippen LogP contribution in [0.3, 0.4) is 0 Å². The van der Waals surface area contributed by atoms with Crippen LogP contribution in [0.4, 0.5) is 17.6 Å².